The Balaban J connectivity index is 1.25. The molecule has 3 aliphatic heterocycles. The molecule has 2 aromatic carbocycles. The quantitative estimate of drug-likeness (QED) is 0.343. The lowest BCUT2D eigenvalue weighted by Crippen LogP contribution is -2.48. The highest BCUT2D eigenvalue weighted by Crippen LogP contribution is 2.39. The summed E-state index contributed by atoms with van der Waals surface area (Å²) in [4.78, 5) is 25.5. The number of carbonyl (C=O) groups is 2. The number of benzene rings is 2. The summed E-state index contributed by atoms with van der Waals surface area (Å²) in [6, 6.07) is 15.3. The molecule has 1 amide bonds. The van der Waals surface area contributed by atoms with Crippen molar-refractivity contribution in [1.29, 1.82) is 0 Å². The summed E-state index contributed by atoms with van der Waals surface area (Å²) in [5.74, 6) is -1.43. The number of nitrogens with zero attached hydrogens (tertiary/aromatic N) is 1. The lowest BCUT2D eigenvalue weighted by atomic mass is 9.98. The molecule has 3 aliphatic rings. The van der Waals surface area contributed by atoms with Crippen molar-refractivity contribution in [3.63, 3.8) is 0 Å². The maximum Gasteiger partial charge on any atom is 0.303 e. The molecule has 0 saturated carbocycles. The minimum Gasteiger partial charge on any atom is -0.481 e. The largest absolute Gasteiger partial charge is 0.481 e. The molecule has 3 atom stereocenters. The van der Waals surface area contributed by atoms with Gasteiger partial charge in [-0.1, -0.05) is 36.4 Å². The van der Waals surface area contributed by atoms with Crippen LogP contribution in [0.2, 0.25) is 0 Å². The van der Waals surface area contributed by atoms with Gasteiger partial charge in [-0.3, -0.25) is 9.59 Å². The molecular formula is C31H40N2O8. The highest BCUT2D eigenvalue weighted by Gasteiger charge is 2.41. The van der Waals surface area contributed by atoms with Crippen LogP contribution in [0.25, 0.3) is 0 Å². The number of nitrogens with one attached hydrogen (secondary N) is 1. The van der Waals surface area contributed by atoms with Crippen molar-refractivity contribution in [2.45, 2.75) is 75.8 Å². The second kappa shape index (κ2) is 13.9. The minimum absolute atomic E-state index is 0.0118. The number of aliphatic carboxylic acids is 1. The van der Waals surface area contributed by atoms with Gasteiger partial charge in [0.1, 0.15) is 0 Å². The fourth-order valence-corrected chi connectivity index (χ4v) is 5.73. The van der Waals surface area contributed by atoms with Crippen LogP contribution in [0.1, 0.15) is 74.0 Å². The molecule has 5 rings (SSSR count). The maximum atomic E-state index is 12.4. The minimum atomic E-state index is -0.854. The van der Waals surface area contributed by atoms with E-state index in [9.17, 15) is 14.7 Å². The topological polar surface area (TPSA) is 127 Å². The lowest BCUT2D eigenvalue weighted by molar-refractivity contribution is -0.255. The molecule has 3 saturated heterocycles. The Morgan fingerprint density at radius 1 is 0.951 bits per heavy atom. The summed E-state index contributed by atoms with van der Waals surface area (Å²) in [5, 5.41) is 21.2. The number of carbonyl (C=O) groups excluding carboxylic acids is 1. The zero-order chi connectivity index (χ0) is 28.7. The number of hydrogen-bond donors (Lipinski definition) is 3. The number of aliphatic hydroxyl groups excluding tert-OH is 1. The van der Waals surface area contributed by atoms with Crippen molar-refractivity contribution >= 4 is 17.6 Å². The molecule has 3 heterocycles. The first kappa shape index (κ1) is 29.6. The van der Waals surface area contributed by atoms with Gasteiger partial charge in [0.25, 0.3) is 0 Å². The van der Waals surface area contributed by atoms with E-state index < -0.39 is 18.0 Å². The normalized spacial score (nSPS) is 24.4. The molecule has 3 fully saturated rings. The third kappa shape index (κ3) is 8.12. The van der Waals surface area contributed by atoms with Crippen molar-refractivity contribution < 1.29 is 38.7 Å². The van der Waals surface area contributed by atoms with Crippen LogP contribution in [-0.4, -0.2) is 71.7 Å². The Hall–Kier alpha value is -2.86. The zero-order valence-corrected chi connectivity index (χ0v) is 23.3. The van der Waals surface area contributed by atoms with Crippen LogP contribution >= 0.6 is 0 Å². The van der Waals surface area contributed by atoms with Gasteiger partial charge < -0.3 is 39.4 Å². The number of unbranched alkanes of at least 4 members (excludes halogenated alkanes) is 1. The van der Waals surface area contributed by atoms with E-state index >= 15 is 0 Å². The van der Waals surface area contributed by atoms with E-state index in [1.165, 1.54) is 0 Å². The van der Waals surface area contributed by atoms with Gasteiger partial charge in [0.15, 0.2) is 12.1 Å². The average Bonchev–Trinajstić information content (AvgIpc) is 3.44. The summed E-state index contributed by atoms with van der Waals surface area (Å²) in [7, 11) is 0. The van der Waals surface area contributed by atoms with Crippen LogP contribution in [0.3, 0.4) is 0 Å². The first-order valence-corrected chi connectivity index (χ1v) is 14.5. The number of carboxylic acid groups (broad SMARTS) is 1. The molecule has 0 aromatic heterocycles. The van der Waals surface area contributed by atoms with Crippen molar-refractivity contribution in [3.05, 3.63) is 65.2 Å². The van der Waals surface area contributed by atoms with Gasteiger partial charge in [0.2, 0.25) is 5.91 Å². The SMILES string of the molecule is O=C(O)CCCCC(=O)Nc1cccc([C@@H]2O[C@H](CN3CCC4(CC3)OCCO4)C[C@H](c3ccc(CO)cc3)O2)c1. The fourth-order valence-electron chi connectivity index (χ4n) is 5.73. The van der Waals surface area contributed by atoms with Gasteiger partial charge in [-0.05, 0) is 36.1 Å². The molecule has 0 bridgehead atoms. The number of hydrogen-bond acceptors (Lipinski definition) is 8. The van der Waals surface area contributed by atoms with Gasteiger partial charge in [0.05, 0.1) is 32.0 Å². The first-order chi connectivity index (χ1) is 19.9. The number of aliphatic hydroxyl groups is 1. The lowest BCUT2D eigenvalue weighted by Gasteiger charge is -2.41. The van der Waals surface area contributed by atoms with Crippen LogP contribution in [-0.2, 0) is 35.1 Å². The maximum absolute atomic E-state index is 12.4. The van der Waals surface area contributed by atoms with E-state index in [0.717, 1.165) is 49.2 Å². The van der Waals surface area contributed by atoms with Crippen molar-refractivity contribution in [3.8, 4) is 0 Å². The number of ether oxygens (including phenoxy) is 4. The van der Waals surface area contributed by atoms with E-state index in [1.807, 2.05) is 48.5 Å². The molecule has 10 nitrogen and oxygen atoms in total. The van der Waals surface area contributed by atoms with Gasteiger partial charge in [-0.25, -0.2) is 0 Å². The number of amides is 1. The fraction of sp³-hybridized carbons (Fsp3) is 0.548. The Morgan fingerprint density at radius 3 is 2.39 bits per heavy atom. The predicted molar refractivity (Wildman–Crippen MR) is 150 cm³/mol. The average molecular weight is 569 g/mol. The second-order valence-electron chi connectivity index (χ2n) is 11.0. The number of piperidine rings is 1. The molecule has 2 aromatic rings. The smallest absolute Gasteiger partial charge is 0.303 e. The highest BCUT2D eigenvalue weighted by molar-refractivity contribution is 5.90. The van der Waals surface area contributed by atoms with Crippen LogP contribution in [0.5, 0.6) is 0 Å². The predicted octanol–water partition coefficient (Wildman–Crippen LogP) is 4.15. The Labute approximate surface area is 240 Å². The number of likely N-dealkylation sites (tertiary alicyclic amines) is 1. The van der Waals surface area contributed by atoms with Crippen LogP contribution in [0.4, 0.5) is 5.69 Å². The summed E-state index contributed by atoms with van der Waals surface area (Å²) in [5.41, 5.74) is 3.32. The molecule has 1 spiro atoms. The molecule has 222 valence electrons. The monoisotopic (exact) mass is 568 g/mol. The van der Waals surface area contributed by atoms with Crippen molar-refractivity contribution in [1.82, 2.24) is 4.90 Å². The van der Waals surface area contributed by atoms with Gasteiger partial charge in [-0.2, -0.15) is 0 Å². The number of anilines is 1. The van der Waals surface area contributed by atoms with Crippen LogP contribution in [0, 0.1) is 0 Å². The number of rotatable bonds is 11. The van der Waals surface area contributed by atoms with E-state index in [2.05, 4.69) is 10.2 Å². The Kier molecular flexibility index (Phi) is 10.0. The van der Waals surface area contributed by atoms with Crippen LogP contribution < -0.4 is 5.32 Å². The summed E-state index contributed by atoms with van der Waals surface area (Å²) in [6.45, 7) is 3.80. The Bertz CT molecular complexity index is 1160. The Morgan fingerprint density at radius 2 is 1.68 bits per heavy atom. The van der Waals surface area contributed by atoms with E-state index in [0.29, 0.717) is 38.2 Å². The highest BCUT2D eigenvalue weighted by atomic mass is 16.7. The van der Waals surface area contributed by atoms with Gasteiger partial charge >= 0.3 is 5.97 Å². The second-order valence-corrected chi connectivity index (χ2v) is 11.0. The zero-order valence-electron chi connectivity index (χ0n) is 23.3. The molecule has 3 N–H and O–H groups in total. The van der Waals surface area contributed by atoms with E-state index in [4.69, 9.17) is 24.1 Å². The summed E-state index contributed by atoms with van der Waals surface area (Å²) in [6.07, 6.45) is 2.76. The third-order valence-corrected chi connectivity index (χ3v) is 8.00. The summed E-state index contributed by atoms with van der Waals surface area (Å²) >= 11 is 0. The van der Waals surface area contributed by atoms with Crippen LogP contribution in [0.15, 0.2) is 48.5 Å². The molecule has 0 radical (unpaired) electrons. The summed E-state index contributed by atoms with van der Waals surface area (Å²) < 4.78 is 24.8. The third-order valence-electron chi connectivity index (χ3n) is 8.00. The molecule has 41 heavy (non-hydrogen) atoms. The van der Waals surface area contributed by atoms with Gasteiger partial charge in [0, 0.05) is 63.0 Å². The number of carboxylic acids is 1. The first-order valence-electron chi connectivity index (χ1n) is 14.5. The molecular weight excluding hydrogens is 528 g/mol. The molecule has 10 heteroatoms. The van der Waals surface area contributed by atoms with Gasteiger partial charge in [-0.15, -0.1) is 0 Å². The molecule has 0 unspecified atom stereocenters. The van der Waals surface area contributed by atoms with Crippen molar-refractivity contribution in [2.24, 2.45) is 0 Å². The van der Waals surface area contributed by atoms with Crippen molar-refractivity contribution in [2.75, 3.05) is 38.2 Å². The molecule has 0 aliphatic carbocycles. The van der Waals surface area contributed by atoms with E-state index in [-0.39, 0.29) is 37.6 Å². The van der Waals surface area contributed by atoms with E-state index in [1.54, 1.807) is 0 Å². The standard InChI is InChI=1S/C31H40N2O8/c34-21-22-8-10-23(11-9-22)27-19-26(20-33-14-12-31(13-15-33)38-16-17-39-31)40-30(41-27)24-4-3-5-25(18-24)32-28(35)6-1-2-7-29(36)37/h3-5,8-11,18,26-27,30,34H,1-2,6-7,12-17,19-21H2,(H,32,35)(H,36,37)/t26-,27+,30+/m0/s1.